The van der Waals surface area contributed by atoms with Gasteiger partial charge < -0.3 is 10.1 Å². The van der Waals surface area contributed by atoms with Gasteiger partial charge in [0.1, 0.15) is 11.9 Å². The lowest BCUT2D eigenvalue weighted by Crippen LogP contribution is -2.41. The Balaban J connectivity index is 2.04. The van der Waals surface area contributed by atoms with Gasteiger partial charge in [0.15, 0.2) is 0 Å². The number of hydrogen-bond donors (Lipinski definition) is 1. The van der Waals surface area contributed by atoms with Crippen molar-refractivity contribution in [2.45, 2.75) is 64.0 Å². The highest BCUT2D eigenvalue weighted by Crippen LogP contribution is 2.23. The van der Waals surface area contributed by atoms with E-state index < -0.39 is 0 Å². The summed E-state index contributed by atoms with van der Waals surface area (Å²) in [7, 11) is 2.06. The fourth-order valence-electron chi connectivity index (χ4n) is 2.94. The average molecular weight is 261 g/mol. The van der Waals surface area contributed by atoms with Crippen LogP contribution < -0.4 is 10.1 Å². The molecule has 2 heteroatoms. The Hall–Kier alpha value is -1.02. The van der Waals surface area contributed by atoms with Crippen LogP contribution in [0.4, 0.5) is 0 Å². The summed E-state index contributed by atoms with van der Waals surface area (Å²) in [5.74, 6) is 1.03. The van der Waals surface area contributed by atoms with Gasteiger partial charge in [0.25, 0.3) is 0 Å². The topological polar surface area (TPSA) is 21.3 Å². The molecule has 0 radical (unpaired) electrons. The second-order valence-corrected chi connectivity index (χ2v) is 5.54. The molecular weight excluding hydrogens is 234 g/mol. The average Bonchev–Trinajstić information content (AvgIpc) is 2.42. The van der Waals surface area contributed by atoms with E-state index in [1.807, 2.05) is 0 Å². The Bertz CT molecular complexity index is 377. The van der Waals surface area contributed by atoms with Crippen molar-refractivity contribution in [3.05, 3.63) is 29.8 Å². The fraction of sp³-hybridized carbons (Fsp3) is 0.647. The van der Waals surface area contributed by atoms with Gasteiger partial charge in [-0.2, -0.15) is 0 Å². The molecular formula is C17H27NO. The minimum absolute atomic E-state index is 0.317. The normalized spacial score (nSPS) is 24.5. The summed E-state index contributed by atoms with van der Waals surface area (Å²) in [5.41, 5.74) is 1.35. The number of hydrogen-bond acceptors (Lipinski definition) is 2. The van der Waals surface area contributed by atoms with Crippen LogP contribution in [-0.4, -0.2) is 19.2 Å². The third-order valence-electron chi connectivity index (χ3n) is 4.17. The molecule has 0 bridgehead atoms. The van der Waals surface area contributed by atoms with Crippen LogP contribution in [0.1, 0.15) is 51.0 Å². The largest absolute Gasteiger partial charge is 0.489 e. The van der Waals surface area contributed by atoms with Crippen LogP contribution in [0.3, 0.4) is 0 Å². The van der Waals surface area contributed by atoms with Crippen LogP contribution in [0.5, 0.6) is 5.75 Å². The standard InChI is InChI=1S/C17H27NO/c1-3-14-9-8-10-15(13-14)19-17-12-7-5-4-6-11-16(17)18-2/h8-10,13,16-18H,3-7,11-12H2,1-2H3. The molecule has 1 N–H and O–H groups in total. The highest BCUT2D eigenvalue weighted by molar-refractivity contribution is 5.28. The highest BCUT2D eigenvalue weighted by Gasteiger charge is 2.23. The van der Waals surface area contributed by atoms with E-state index in [0.29, 0.717) is 12.1 Å². The molecule has 0 spiro atoms. The van der Waals surface area contributed by atoms with E-state index in [-0.39, 0.29) is 0 Å². The molecule has 2 nitrogen and oxygen atoms in total. The van der Waals surface area contributed by atoms with Crippen LogP contribution >= 0.6 is 0 Å². The number of benzene rings is 1. The zero-order valence-corrected chi connectivity index (χ0v) is 12.3. The maximum absolute atomic E-state index is 6.27. The van der Waals surface area contributed by atoms with Crippen LogP contribution in [0, 0.1) is 0 Å². The molecule has 1 aliphatic carbocycles. The first-order valence-electron chi connectivity index (χ1n) is 7.76. The smallest absolute Gasteiger partial charge is 0.120 e. The molecule has 19 heavy (non-hydrogen) atoms. The molecule has 2 rings (SSSR count). The van der Waals surface area contributed by atoms with E-state index in [9.17, 15) is 0 Å². The van der Waals surface area contributed by atoms with Gasteiger partial charge >= 0.3 is 0 Å². The van der Waals surface area contributed by atoms with Crippen molar-refractivity contribution in [1.29, 1.82) is 0 Å². The summed E-state index contributed by atoms with van der Waals surface area (Å²) < 4.78 is 6.27. The number of ether oxygens (including phenoxy) is 1. The molecule has 1 aromatic rings. The Morgan fingerprint density at radius 2 is 1.95 bits per heavy atom. The quantitative estimate of drug-likeness (QED) is 0.886. The van der Waals surface area contributed by atoms with Crippen molar-refractivity contribution in [1.82, 2.24) is 5.32 Å². The lowest BCUT2D eigenvalue weighted by molar-refractivity contribution is 0.131. The van der Waals surface area contributed by atoms with E-state index >= 15 is 0 Å². The lowest BCUT2D eigenvalue weighted by Gasteiger charge is -2.29. The lowest BCUT2D eigenvalue weighted by atomic mass is 9.94. The molecule has 2 unspecified atom stereocenters. The minimum Gasteiger partial charge on any atom is -0.489 e. The SMILES string of the molecule is CCc1cccc(OC2CCCCCCC2NC)c1. The van der Waals surface area contributed by atoms with Crippen LogP contribution in [-0.2, 0) is 6.42 Å². The molecule has 1 saturated carbocycles. The predicted molar refractivity (Wildman–Crippen MR) is 80.8 cm³/mol. The van der Waals surface area contributed by atoms with E-state index in [0.717, 1.165) is 12.2 Å². The van der Waals surface area contributed by atoms with E-state index in [2.05, 4.69) is 43.6 Å². The van der Waals surface area contributed by atoms with Gasteiger partial charge in [0, 0.05) is 6.04 Å². The van der Waals surface area contributed by atoms with Gasteiger partial charge in [-0.05, 0) is 50.4 Å². The summed E-state index contributed by atoms with van der Waals surface area (Å²) >= 11 is 0. The predicted octanol–water partition coefficient (Wildman–Crippen LogP) is 3.94. The van der Waals surface area contributed by atoms with Gasteiger partial charge in [0.2, 0.25) is 0 Å². The van der Waals surface area contributed by atoms with Crippen molar-refractivity contribution in [3.8, 4) is 5.75 Å². The summed E-state index contributed by atoms with van der Waals surface area (Å²) in [5, 5.41) is 3.45. The van der Waals surface area contributed by atoms with Crippen molar-refractivity contribution >= 4 is 0 Å². The van der Waals surface area contributed by atoms with E-state index in [1.54, 1.807) is 0 Å². The number of aryl methyl sites for hydroxylation is 1. The highest BCUT2D eigenvalue weighted by atomic mass is 16.5. The van der Waals surface area contributed by atoms with Gasteiger partial charge in [-0.25, -0.2) is 0 Å². The van der Waals surface area contributed by atoms with E-state index in [4.69, 9.17) is 4.74 Å². The van der Waals surface area contributed by atoms with Gasteiger partial charge in [-0.1, -0.05) is 38.3 Å². The summed E-state index contributed by atoms with van der Waals surface area (Å²) in [6, 6.07) is 9.04. The maximum atomic E-state index is 6.27. The Morgan fingerprint density at radius 1 is 1.16 bits per heavy atom. The monoisotopic (exact) mass is 261 g/mol. The van der Waals surface area contributed by atoms with Crippen molar-refractivity contribution < 1.29 is 4.74 Å². The minimum atomic E-state index is 0.317. The molecule has 106 valence electrons. The zero-order chi connectivity index (χ0) is 13.5. The molecule has 1 fully saturated rings. The first kappa shape index (κ1) is 14.4. The van der Waals surface area contributed by atoms with Crippen LogP contribution in [0.2, 0.25) is 0 Å². The number of rotatable bonds is 4. The van der Waals surface area contributed by atoms with Crippen molar-refractivity contribution in [3.63, 3.8) is 0 Å². The maximum Gasteiger partial charge on any atom is 0.120 e. The Labute approximate surface area is 117 Å². The molecule has 0 heterocycles. The van der Waals surface area contributed by atoms with Crippen LogP contribution in [0.25, 0.3) is 0 Å². The van der Waals surface area contributed by atoms with Gasteiger partial charge in [-0.15, -0.1) is 0 Å². The fourth-order valence-corrected chi connectivity index (χ4v) is 2.94. The molecule has 1 aliphatic rings. The molecule has 2 atom stereocenters. The summed E-state index contributed by atoms with van der Waals surface area (Å²) in [4.78, 5) is 0. The van der Waals surface area contributed by atoms with Crippen molar-refractivity contribution in [2.24, 2.45) is 0 Å². The summed E-state index contributed by atoms with van der Waals surface area (Å²) in [6.45, 7) is 2.19. The van der Waals surface area contributed by atoms with Gasteiger partial charge in [0.05, 0.1) is 0 Å². The van der Waals surface area contributed by atoms with Crippen LogP contribution in [0.15, 0.2) is 24.3 Å². The van der Waals surface area contributed by atoms with Crippen molar-refractivity contribution in [2.75, 3.05) is 7.05 Å². The third-order valence-corrected chi connectivity index (χ3v) is 4.17. The number of likely N-dealkylation sites (N-methyl/N-ethyl adjacent to an activating group) is 1. The third kappa shape index (κ3) is 4.24. The molecule has 0 amide bonds. The first-order valence-corrected chi connectivity index (χ1v) is 7.76. The number of nitrogens with one attached hydrogen (secondary N) is 1. The molecule has 1 aromatic carbocycles. The second kappa shape index (κ2) is 7.54. The first-order chi connectivity index (χ1) is 9.33. The summed E-state index contributed by atoms with van der Waals surface area (Å²) in [6.07, 6.45) is 9.11. The molecule has 0 saturated heterocycles. The second-order valence-electron chi connectivity index (χ2n) is 5.54. The van der Waals surface area contributed by atoms with E-state index in [1.165, 1.54) is 44.1 Å². The molecule has 0 aliphatic heterocycles. The Morgan fingerprint density at radius 3 is 2.68 bits per heavy atom. The molecule has 0 aromatic heterocycles. The zero-order valence-electron chi connectivity index (χ0n) is 12.3. The Kier molecular flexibility index (Phi) is 5.71. The van der Waals surface area contributed by atoms with Gasteiger partial charge in [-0.3, -0.25) is 0 Å².